The van der Waals surface area contributed by atoms with E-state index in [-0.39, 0.29) is 23.1 Å². The fourth-order valence-corrected chi connectivity index (χ4v) is 5.50. The molecule has 1 atom stereocenters. The fourth-order valence-electron chi connectivity index (χ4n) is 4.90. The van der Waals surface area contributed by atoms with E-state index >= 15 is 0 Å². The molecule has 1 aromatic heterocycles. The number of carbonyl (C=O) groups is 2. The first kappa shape index (κ1) is 21.9. The van der Waals surface area contributed by atoms with Crippen LogP contribution in [0.15, 0.2) is 41.8 Å². The van der Waals surface area contributed by atoms with Crippen molar-refractivity contribution in [2.45, 2.75) is 32.4 Å². The Morgan fingerprint density at radius 3 is 2.64 bits per heavy atom. The minimum absolute atomic E-state index is 0.0120. The Hall–Kier alpha value is -2.97. The van der Waals surface area contributed by atoms with Crippen LogP contribution >= 0.6 is 11.3 Å². The lowest BCUT2D eigenvalue weighted by Gasteiger charge is -2.37. The van der Waals surface area contributed by atoms with E-state index in [9.17, 15) is 14.7 Å². The summed E-state index contributed by atoms with van der Waals surface area (Å²) in [6, 6.07) is 10.5. The van der Waals surface area contributed by atoms with E-state index in [0.717, 1.165) is 42.1 Å². The first-order chi connectivity index (χ1) is 16.0. The van der Waals surface area contributed by atoms with E-state index in [2.05, 4.69) is 15.3 Å². The number of hydrogen-bond acceptors (Lipinski definition) is 6. The van der Waals surface area contributed by atoms with Gasteiger partial charge in [0.05, 0.1) is 16.3 Å². The number of likely N-dealkylation sites (tertiary alicyclic amines) is 1. The summed E-state index contributed by atoms with van der Waals surface area (Å²) in [6.45, 7) is 6.26. The Kier molecular flexibility index (Phi) is 6.03. The molecule has 2 aliphatic heterocycles. The second-order valence-electron chi connectivity index (χ2n) is 8.80. The van der Waals surface area contributed by atoms with E-state index in [4.69, 9.17) is 0 Å². The molecule has 0 spiro atoms. The summed E-state index contributed by atoms with van der Waals surface area (Å²) in [5, 5.41) is 15.4. The van der Waals surface area contributed by atoms with Crippen LogP contribution < -0.4 is 0 Å². The minimum atomic E-state index is -0.462. The highest BCUT2D eigenvalue weighted by Crippen LogP contribution is 2.31. The van der Waals surface area contributed by atoms with Crippen LogP contribution in [0.2, 0.25) is 0 Å². The molecule has 0 radical (unpaired) electrons. The van der Waals surface area contributed by atoms with Gasteiger partial charge in [-0.3, -0.25) is 14.5 Å². The number of phenols is 1. The number of carbonyl (C=O) groups excluding carboxylic acids is 2. The van der Waals surface area contributed by atoms with Gasteiger partial charge in [0, 0.05) is 50.0 Å². The standard InChI is InChI=1S/C25H28N4O3S/c1-17-26-19(16-33-17)15-27-11-13-28(14-12-27)25(32)22-7-4-10-29(22)24(31)21-9-8-18-5-2-3-6-20(18)23(21)30/h2-3,5-6,8-9,16,22,30H,4,7,10-15H2,1H3. The van der Waals surface area contributed by atoms with Crippen molar-refractivity contribution in [3.63, 3.8) is 0 Å². The van der Waals surface area contributed by atoms with Crippen LogP contribution in [-0.4, -0.2) is 75.4 Å². The Morgan fingerprint density at radius 1 is 1.09 bits per heavy atom. The number of aromatic nitrogens is 1. The van der Waals surface area contributed by atoms with Gasteiger partial charge in [-0.1, -0.05) is 30.3 Å². The summed E-state index contributed by atoms with van der Waals surface area (Å²) in [5.74, 6) is -0.265. The maximum atomic E-state index is 13.4. The third kappa shape index (κ3) is 4.32. The second-order valence-corrected chi connectivity index (χ2v) is 9.86. The van der Waals surface area contributed by atoms with E-state index in [1.807, 2.05) is 36.1 Å². The Bertz CT molecular complexity index is 1190. The summed E-state index contributed by atoms with van der Waals surface area (Å²) in [7, 11) is 0. The van der Waals surface area contributed by atoms with Gasteiger partial charge >= 0.3 is 0 Å². The molecule has 7 nitrogen and oxygen atoms in total. The van der Waals surface area contributed by atoms with Gasteiger partial charge in [-0.05, 0) is 31.2 Å². The van der Waals surface area contributed by atoms with E-state index < -0.39 is 6.04 Å². The number of aromatic hydroxyl groups is 1. The predicted octanol–water partition coefficient (Wildman–Crippen LogP) is 3.26. The molecule has 1 N–H and O–H groups in total. The normalized spacial score (nSPS) is 19.4. The van der Waals surface area contributed by atoms with Gasteiger partial charge < -0.3 is 14.9 Å². The van der Waals surface area contributed by atoms with Crippen molar-refractivity contribution >= 4 is 33.9 Å². The van der Waals surface area contributed by atoms with Crippen LogP contribution in [0.25, 0.3) is 10.8 Å². The van der Waals surface area contributed by atoms with E-state index in [1.54, 1.807) is 28.4 Å². The lowest BCUT2D eigenvalue weighted by molar-refractivity contribution is -0.137. The summed E-state index contributed by atoms with van der Waals surface area (Å²) in [5.41, 5.74) is 1.34. The lowest BCUT2D eigenvalue weighted by atomic mass is 10.0. The zero-order chi connectivity index (χ0) is 22.9. The number of amides is 2. The Balaban J connectivity index is 1.25. The summed E-state index contributed by atoms with van der Waals surface area (Å²) in [4.78, 5) is 37.1. The van der Waals surface area contributed by atoms with Crippen LogP contribution in [0.4, 0.5) is 0 Å². The lowest BCUT2D eigenvalue weighted by Crippen LogP contribution is -2.54. The largest absolute Gasteiger partial charge is 0.506 e. The summed E-state index contributed by atoms with van der Waals surface area (Å²) >= 11 is 1.66. The average molecular weight is 465 g/mol. The number of piperazine rings is 1. The first-order valence-electron chi connectivity index (χ1n) is 11.4. The smallest absolute Gasteiger partial charge is 0.258 e. The summed E-state index contributed by atoms with van der Waals surface area (Å²) in [6.07, 6.45) is 1.46. The van der Waals surface area contributed by atoms with Gasteiger partial charge in [-0.15, -0.1) is 11.3 Å². The van der Waals surface area contributed by atoms with Crippen LogP contribution in [0.1, 0.15) is 33.9 Å². The van der Waals surface area contributed by atoms with Crippen molar-refractivity contribution in [3.8, 4) is 5.75 Å². The quantitative estimate of drug-likeness (QED) is 0.641. The van der Waals surface area contributed by atoms with Crippen LogP contribution in [-0.2, 0) is 11.3 Å². The molecule has 2 amide bonds. The number of aryl methyl sites for hydroxylation is 1. The topological polar surface area (TPSA) is 77.0 Å². The number of nitrogens with zero attached hydrogens (tertiary/aromatic N) is 4. The van der Waals surface area contributed by atoms with Gasteiger partial charge in [0.2, 0.25) is 5.91 Å². The van der Waals surface area contributed by atoms with Gasteiger partial charge in [0.15, 0.2) is 0 Å². The SMILES string of the molecule is Cc1nc(CN2CCN(C(=O)C3CCCN3C(=O)c3ccc4ccccc4c3O)CC2)cs1. The van der Waals surface area contributed by atoms with Crippen molar-refractivity contribution in [1.82, 2.24) is 19.7 Å². The Labute approximate surface area is 197 Å². The van der Waals surface area contributed by atoms with Crippen molar-refractivity contribution in [2.24, 2.45) is 0 Å². The third-order valence-electron chi connectivity index (χ3n) is 6.67. The highest BCUT2D eigenvalue weighted by atomic mass is 32.1. The molecule has 5 rings (SSSR count). The zero-order valence-electron chi connectivity index (χ0n) is 18.7. The van der Waals surface area contributed by atoms with Crippen LogP contribution in [0, 0.1) is 6.92 Å². The average Bonchev–Trinajstić information content (AvgIpc) is 3.48. The first-order valence-corrected chi connectivity index (χ1v) is 12.3. The molecular formula is C25H28N4O3S. The molecule has 3 aromatic rings. The van der Waals surface area contributed by atoms with E-state index in [1.165, 1.54) is 0 Å². The predicted molar refractivity (Wildman–Crippen MR) is 128 cm³/mol. The molecule has 0 aliphatic carbocycles. The molecule has 1 unspecified atom stereocenters. The molecule has 2 aliphatic rings. The second kappa shape index (κ2) is 9.11. The minimum Gasteiger partial charge on any atom is -0.506 e. The number of fused-ring (bicyclic) bond motifs is 1. The van der Waals surface area contributed by atoms with Crippen molar-refractivity contribution < 1.29 is 14.7 Å². The highest BCUT2D eigenvalue weighted by molar-refractivity contribution is 7.09. The van der Waals surface area contributed by atoms with Crippen molar-refractivity contribution in [3.05, 3.63) is 58.0 Å². The molecule has 8 heteroatoms. The fraction of sp³-hybridized carbons (Fsp3) is 0.400. The van der Waals surface area contributed by atoms with Gasteiger partial charge in [0.1, 0.15) is 11.8 Å². The van der Waals surface area contributed by atoms with Crippen LogP contribution in [0.3, 0.4) is 0 Å². The molecule has 2 saturated heterocycles. The van der Waals surface area contributed by atoms with Gasteiger partial charge in [-0.2, -0.15) is 0 Å². The van der Waals surface area contributed by atoms with Crippen LogP contribution in [0.5, 0.6) is 5.75 Å². The molecule has 33 heavy (non-hydrogen) atoms. The molecule has 2 aromatic carbocycles. The number of benzene rings is 2. The van der Waals surface area contributed by atoms with Crippen molar-refractivity contribution in [1.29, 1.82) is 0 Å². The van der Waals surface area contributed by atoms with Crippen molar-refractivity contribution in [2.75, 3.05) is 32.7 Å². The zero-order valence-corrected chi connectivity index (χ0v) is 19.6. The monoisotopic (exact) mass is 464 g/mol. The van der Waals surface area contributed by atoms with Gasteiger partial charge in [0.25, 0.3) is 5.91 Å². The molecular weight excluding hydrogens is 436 g/mol. The molecule has 172 valence electrons. The number of rotatable bonds is 4. The molecule has 0 saturated carbocycles. The molecule has 0 bridgehead atoms. The van der Waals surface area contributed by atoms with Gasteiger partial charge in [-0.25, -0.2) is 4.98 Å². The maximum Gasteiger partial charge on any atom is 0.258 e. The third-order valence-corrected chi connectivity index (χ3v) is 7.49. The Morgan fingerprint density at radius 2 is 1.88 bits per heavy atom. The highest BCUT2D eigenvalue weighted by Gasteiger charge is 2.38. The number of thiazole rings is 1. The molecule has 3 heterocycles. The number of phenolic OH excluding ortho intramolecular Hbond substituents is 1. The maximum absolute atomic E-state index is 13.4. The number of hydrogen-bond donors (Lipinski definition) is 1. The molecule has 2 fully saturated rings. The van der Waals surface area contributed by atoms with E-state index in [0.29, 0.717) is 31.4 Å². The summed E-state index contributed by atoms with van der Waals surface area (Å²) < 4.78 is 0.